The van der Waals surface area contributed by atoms with Crippen LogP contribution in [0.4, 0.5) is 13.2 Å². The number of aliphatic hydroxyl groups is 1. The molecule has 0 heterocycles. The molecule has 0 bridgehead atoms. The summed E-state index contributed by atoms with van der Waals surface area (Å²) in [5, 5.41) is 10.4. The lowest BCUT2D eigenvalue weighted by molar-refractivity contribution is -0.137. The number of benzene rings is 1. The summed E-state index contributed by atoms with van der Waals surface area (Å²) in [5.41, 5.74) is 5.58. The summed E-state index contributed by atoms with van der Waals surface area (Å²) < 4.78 is 38.8. The number of nitrogens with two attached hydrogens (primary N) is 1. The van der Waals surface area contributed by atoms with Gasteiger partial charge in [-0.25, -0.2) is 0 Å². The van der Waals surface area contributed by atoms with Crippen LogP contribution in [0.5, 0.6) is 0 Å². The largest absolute Gasteiger partial charge is 0.416 e. The lowest BCUT2D eigenvalue weighted by Gasteiger charge is -2.31. The first-order valence-electron chi connectivity index (χ1n) is 7.10. The minimum absolute atomic E-state index is 0. The molecule has 22 heavy (non-hydrogen) atoms. The van der Waals surface area contributed by atoms with Crippen LogP contribution in [-0.2, 0) is 6.18 Å². The molecular weight excluding hydrogens is 383 g/mol. The van der Waals surface area contributed by atoms with Gasteiger partial charge in [0.1, 0.15) is 0 Å². The molecule has 0 spiro atoms. The van der Waals surface area contributed by atoms with E-state index in [2.05, 4.69) is 15.9 Å². The van der Waals surface area contributed by atoms with Crippen LogP contribution in [0.2, 0.25) is 0 Å². The van der Waals surface area contributed by atoms with E-state index in [-0.39, 0.29) is 18.3 Å². The highest BCUT2D eigenvalue weighted by molar-refractivity contribution is 9.10. The van der Waals surface area contributed by atoms with Crippen LogP contribution in [0, 0.1) is 5.92 Å². The van der Waals surface area contributed by atoms with E-state index in [1.165, 1.54) is 0 Å². The Morgan fingerprint density at radius 1 is 1.14 bits per heavy atom. The fourth-order valence-electron chi connectivity index (χ4n) is 2.93. The van der Waals surface area contributed by atoms with E-state index >= 15 is 0 Å². The lowest BCUT2D eigenvalue weighted by atomic mass is 9.81. The number of rotatable bonds is 3. The van der Waals surface area contributed by atoms with Gasteiger partial charge in [-0.15, -0.1) is 12.4 Å². The van der Waals surface area contributed by atoms with Gasteiger partial charge in [0.25, 0.3) is 0 Å². The molecule has 2 atom stereocenters. The summed E-state index contributed by atoms with van der Waals surface area (Å²) in [7, 11) is 0. The van der Waals surface area contributed by atoms with Gasteiger partial charge in [-0.3, -0.25) is 0 Å². The van der Waals surface area contributed by atoms with Crippen molar-refractivity contribution in [3.05, 3.63) is 33.8 Å². The zero-order valence-corrected chi connectivity index (χ0v) is 14.3. The summed E-state index contributed by atoms with van der Waals surface area (Å²) in [4.78, 5) is 0. The van der Waals surface area contributed by atoms with Gasteiger partial charge in [-0.2, -0.15) is 13.2 Å². The summed E-state index contributed by atoms with van der Waals surface area (Å²) in [6.45, 7) is 0. The van der Waals surface area contributed by atoms with Crippen molar-refractivity contribution in [3.8, 4) is 0 Å². The molecule has 0 radical (unpaired) electrons. The molecule has 1 saturated carbocycles. The number of aliphatic hydroxyl groups excluding tert-OH is 1. The predicted molar refractivity (Wildman–Crippen MR) is 85.9 cm³/mol. The number of hydrogen-bond acceptors (Lipinski definition) is 2. The second-order valence-electron chi connectivity index (χ2n) is 5.69. The number of alkyl halides is 3. The second-order valence-corrected chi connectivity index (χ2v) is 6.60. The maximum atomic E-state index is 12.8. The van der Waals surface area contributed by atoms with E-state index in [9.17, 15) is 18.3 Å². The van der Waals surface area contributed by atoms with Gasteiger partial charge in [0.05, 0.1) is 17.7 Å². The summed E-state index contributed by atoms with van der Waals surface area (Å²) in [6.07, 6.45) is -0.228. The Morgan fingerprint density at radius 3 is 2.27 bits per heavy atom. The zero-order chi connectivity index (χ0) is 15.6. The molecule has 0 saturated heterocycles. The average Bonchev–Trinajstić information content (AvgIpc) is 2.45. The van der Waals surface area contributed by atoms with Crippen molar-refractivity contribution in [1.29, 1.82) is 0 Å². The molecule has 0 amide bonds. The summed E-state index contributed by atoms with van der Waals surface area (Å²) >= 11 is 3.08. The van der Waals surface area contributed by atoms with Gasteiger partial charge in [0.2, 0.25) is 0 Å². The fourth-order valence-corrected chi connectivity index (χ4v) is 3.45. The van der Waals surface area contributed by atoms with Gasteiger partial charge < -0.3 is 10.8 Å². The molecule has 3 N–H and O–H groups in total. The smallest absolute Gasteiger partial charge is 0.391 e. The minimum atomic E-state index is -4.42. The average molecular weight is 403 g/mol. The van der Waals surface area contributed by atoms with Crippen molar-refractivity contribution >= 4 is 28.3 Å². The van der Waals surface area contributed by atoms with E-state index in [4.69, 9.17) is 5.73 Å². The quantitative estimate of drug-likeness (QED) is 0.760. The molecule has 2 nitrogen and oxygen atoms in total. The standard InChI is InChI=1S/C15H19BrF3NO.ClH/c16-12-7-10(6-11(8-12)15(17,18)19)13(20)14(21)9-4-2-1-3-5-9;/h6-9,13-14,21H,1-5,20H2;1H/t13-,14+;/m1./s1. The third kappa shape index (κ3) is 4.85. The monoisotopic (exact) mass is 401 g/mol. The van der Waals surface area contributed by atoms with E-state index in [1.807, 2.05) is 0 Å². The van der Waals surface area contributed by atoms with Gasteiger partial charge in [0.15, 0.2) is 0 Å². The summed E-state index contributed by atoms with van der Waals surface area (Å²) in [6, 6.07) is 2.79. The first kappa shape index (κ1) is 19.7. The van der Waals surface area contributed by atoms with Crippen molar-refractivity contribution < 1.29 is 18.3 Å². The molecule has 1 fully saturated rings. The van der Waals surface area contributed by atoms with Crippen LogP contribution >= 0.6 is 28.3 Å². The third-order valence-corrected chi connectivity index (χ3v) is 4.59. The van der Waals surface area contributed by atoms with E-state index in [0.29, 0.717) is 10.0 Å². The SMILES string of the molecule is Cl.N[C@H](c1cc(Br)cc(C(F)(F)F)c1)[C@@H](O)C1CCCCC1. The Hall–Kier alpha value is -0.300. The van der Waals surface area contributed by atoms with Crippen LogP contribution in [0.3, 0.4) is 0 Å². The van der Waals surface area contributed by atoms with E-state index < -0.39 is 23.9 Å². The van der Waals surface area contributed by atoms with Crippen LogP contribution in [-0.4, -0.2) is 11.2 Å². The van der Waals surface area contributed by atoms with Crippen molar-refractivity contribution in [2.45, 2.75) is 50.4 Å². The fraction of sp³-hybridized carbons (Fsp3) is 0.600. The first-order valence-corrected chi connectivity index (χ1v) is 7.89. The van der Waals surface area contributed by atoms with Crippen molar-refractivity contribution in [2.75, 3.05) is 0 Å². The molecule has 126 valence electrons. The topological polar surface area (TPSA) is 46.2 Å². The van der Waals surface area contributed by atoms with E-state index in [0.717, 1.165) is 44.2 Å². The minimum Gasteiger partial charge on any atom is -0.391 e. The van der Waals surface area contributed by atoms with Gasteiger partial charge in [-0.1, -0.05) is 35.2 Å². The third-order valence-electron chi connectivity index (χ3n) is 4.13. The van der Waals surface area contributed by atoms with Gasteiger partial charge in [-0.05, 0) is 42.5 Å². The Morgan fingerprint density at radius 2 is 1.73 bits per heavy atom. The van der Waals surface area contributed by atoms with Crippen molar-refractivity contribution in [3.63, 3.8) is 0 Å². The molecule has 1 aromatic rings. The number of halogens is 5. The van der Waals surface area contributed by atoms with Gasteiger partial charge in [0, 0.05) is 4.47 Å². The van der Waals surface area contributed by atoms with Crippen LogP contribution in [0.1, 0.15) is 49.3 Å². The Kier molecular flexibility index (Phi) is 7.18. The zero-order valence-electron chi connectivity index (χ0n) is 11.9. The first-order chi connectivity index (χ1) is 9.79. The Bertz CT molecular complexity index is 492. The molecule has 1 aliphatic rings. The Labute approximate surface area is 142 Å². The normalized spacial score (nSPS) is 19.4. The lowest BCUT2D eigenvalue weighted by Crippen LogP contribution is -2.34. The van der Waals surface area contributed by atoms with Gasteiger partial charge >= 0.3 is 6.18 Å². The van der Waals surface area contributed by atoms with Crippen molar-refractivity contribution in [2.24, 2.45) is 11.7 Å². The van der Waals surface area contributed by atoms with E-state index in [1.54, 1.807) is 6.07 Å². The second kappa shape index (κ2) is 7.99. The molecule has 0 unspecified atom stereocenters. The van der Waals surface area contributed by atoms with Crippen LogP contribution in [0.25, 0.3) is 0 Å². The highest BCUT2D eigenvalue weighted by atomic mass is 79.9. The Balaban J connectivity index is 0.00000242. The van der Waals surface area contributed by atoms with Crippen LogP contribution < -0.4 is 5.73 Å². The highest BCUT2D eigenvalue weighted by Crippen LogP contribution is 2.36. The molecule has 1 aromatic carbocycles. The molecule has 0 aliphatic heterocycles. The maximum absolute atomic E-state index is 12.8. The molecule has 2 rings (SSSR count). The predicted octanol–water partition coefficient (Wildman–Crippen LogP) is 4.83. The molecule has 1 aliphatic carbocycles. The summed E-state index contributed by atoms with van der Waals surface area (Å²) in [5.74, 6) is 0.0714. The molecular formula is C15H20BrClF3NO. The highest BCUT2D eigenvalue weighted by Gasteiger charge is 2.33. The molecule has 7 heteroatoms. The van der Waals surface area contributed by atoms with Crippen molar-refractivity contribution in [1.82, 2.24) is 0 Å². The maximum Gasteiger partial charge on any atom is 0.416 e. The van der Waals surface area contributed by atoms with Crippen LogP contribution in [0.15, 0.2) is 22.7 Å². The molecule has 0 aromatic heterocycles. The number of hydrogen-bond donors (Lipinski definition) is 2.